The maximum atomic E-state index is 12.7. The predicted molar refractivity (Wildman–Crippen MR) is 93.0 cm³/mol. The first-order valence-electron chi connectivity index (χ1n) is 9.03. The minimum Gasteiger partial charge on any atom is -0.342 e. The number of hydrogen-bond acceptors (Lipinski definition) is 4. The van der Waals surface area contributed by atoms with Gasteiger partial charge in [-0.15, -0.1) is 0 Å². The molecule has 0 saturated carbocycles. The van der Waals surface area contributed by atoms with Gasteiger partial charge >= 0.3 is 0 Å². The first-order valence-corrected chi connectivity index (χ1v) is 9.03. The molecule has 136 valence electrons. The van der Waals surface area contributed by atoms with Crippen LogP contribution in [0, 0.1) is 12.3 Å². The fourth-order valence-corrected chi connectivity index (χ4v) is 4.06. The van der Waals surface area contributed by atoms with Crippen molar-refractivity contribution in [1.82, 2.24) is 19.8 Å². The first-order chi connectivity index (χ1) is 11.9. The molecular weight excluding hydrogens is 320 g/mol. The molecule has 25 heavy (non-hydrogen) atoms. The number of aromatic amines is 1. The van der Waals surface area contributed by atoms with E-state index in [1.165, 1.54) is 6.20 Å². The number of nitrogens with zero attached hydrogens (tertiary/aromatic N) is 3. The van der Waals surface area contributed by atoms with Gasteiger partial charge < -0.3 is 14.8 Å². The second kappa shape index (κ2) is 6.98. The Labute approximate surface area is 147 Å². The molecule has 3 heterocycles. The van der Waals surface area contributed by atoms with Crippen molar-refractivity contribution in [3.63, 3.8) is 0 Å². The summed E-state index contributed by atoms with van der Waals surface area (Å²) in [6.07, 6.45) is 4.97. The molecule has 2 amide bonds. The Morgan fingerprint density at radius 2 is 2.12 bits per heavy atom. The zero-order valence-electron chi connectivity index (χ0n) is 15.0. The number of hydrogen-bond donors (Lipinski definition) is 1. The minimum atomic E-state index is -0.243. The SMILES string of the molecule is CCN1CC2(CCCN(C(=O)Cc3cnc(C)[nH]c3=O)C2)CCC1=O. The second-order valence-corrected chi connectivity index (χ2v) is 7.33. The van der Waals surface area contributed by atoms with E-state index in [-0.39, 0.29) is 29.2 Å². The quantitative estimate of drug-likeness (QED) is 0.880. The lowest BCUT2D eigenvalue weighted by Crippen LogP contribution is -2.55. The third-order valence-corrected chi connectivity index (χ3v) is 5.49. The fraction of sp³-hybridized carbons (Fsp3) is 0.667. The number of likely N-dealkylation sites (tertiary alicyclic amines) is 2. The molecule has 7 heteroatoms. The maximum absolute atomic E-state index is 12.7. The van der Waals surface area contributed by atoms with E-state index in [1.807, 2.05) is 16.7 Å². The molecule has 0 aliphatic carbocycles. The van der Waals surface area contributed by atoms with Crippen LogP contribution in [0.4, 0.5) is 0 Å². The van der Waals surface area contributed by atoms with Crippen molar-refractivity contribution in [2.75, 3.05) is 26.2 Å². The summed E-state index contributed by atoms with van der Waals surface area (Å²) in [5, 5.41) is 0. The van der Waals surface area contributed by atoms with Gasteiger partial charge in [0.1, 0.15) is 5.82 Å². The number of H-pyrrole nitrogens is 1. The van der Waals surface area contributed by atoms with Crippen molar-refractivity contribution in [1.29, 1.82) is 0 Å². The summed E-state index contributed by atoms with van der Waals surface area (Å²) < 4.78 is 0. The summed E-state index contributed by atoms with van der Waals surface area (Å²) in [5.74, 6) is 0.730. The van der Waals surface area contributed by atoms with Crippen LogP contribution in [0.1, 0.15) is 44.0 Å². The summed E-state index contributed by atoms with van der Waals surface area (Å²) in [6.45, 7) is 6.56. The Kier molecular flexibility index (Phi) is 4.92. The lowest BCUT2D eigenvalue weighted by molar-refractivity contribution is -0.142. The summed E-state index contributed by atoms with van der Waals surface area (Å²) in [6, 6.07) is 0. The van der Waals surface area contributed by atoms with Crippen molar-refractivity contribution < 1.29 is 9.59 Å². The van der Waals surface area contributed by atoms with Gasteiger partial charge in [-0.3, -0.25) is 14.4 Å². The molecule has 0 radical (unpaired) electrons. The molecule has 7 nitrogen and oxygen atoms in total. The van der Waals surface area contributed by atoms with Gasteiger partial charge in [0.25, 0.3) is 5.56 Å². The number of rotatable bonds is 3. The average molecular weight is 346 g/mol. The van der Waals surface area contributed by atoms with Gasteiger partial charge in [-0.05, 0) is 33.1 Å². The van der Waals surface area contributed by atoms with Gasteiger partial charge in [0, 0.05) is 49.8 Å². The Morgan fingerprint density at radius 3 is 2.84 bits per heavy atom. The Hall–Kier alpha value is -2.18. The molecule has 1 N–H and O–H groups in total. The number of aromatic nitrogens is 2. The number of carbonyl (C=O) groups is 2. The number of aryl methyl sites for hydroxylation is 1. The Morgan fingerprint density at radius 1 is 1.32 bits per heavy atom. The Balaban J connectivity index is 1.69. The molecule has 3 rings (SSSR count). The van der Waals surface area contributed by atoms with Crippen LogP contribution in [0.3, 0.4) is 0 Å². The fourth-order valence-electron chi connectivity index (χ4n) is 4.06. The van der Waals surface area contributed by atoms with Crippen molar-refractivity contribution >= 4 is 11.8 Å². The van der Waals surface area contributed by atoms with Crippen molar-refractivity contribution in [3.05, 3.63) is 27.9 Å². The molecule has 2 saturated heterocycles. The molecule has 1 atom stereocenters. The van der Waals surface area contributed by atoms with Gasteiger partial charge in [-0.25, -0.2) is 4.98 Å². The third-order valence-electron chi connectivity index (χ3n) is 5.49. The van der Waals surface area contributed by atoms with E-state index in [0.29, 0.717) is 24.4 Å². The summed E-state index contributed by atoms with van der Waals surface area (Å²) >= 11 is 0. The molecule has 1 spiro atoms. The second-order valence-electron chi connectivity index (χ2n) is 7.33. The van der Waals surface area contributed by atoms with E-state index in [4.69, 9.17) is 0 Å². The third kappa shape index (κ3) is 3.75. The van der Waals surface area contributed by atoms with Gasteiger partial charge in [0.2, 0.25) is 11.8 Å². The zero-order valence-corrected chi connectivity index (χ0v) is 15.0. The van der Waals surface area contributed by atoms with Gasteiger partial charge in [-0.2, -0.15) is 0 Å². The lowest BCUT2D eigenvalue weighted by atomic mass is 9.73. The van der Waals surface area contributed by atoms with E-state index in [2.05, 4.69) is 9.97 Å². The largest absolute Gasteiger partial charge is 0.342 e. The van der Waals surface area contributed by atoms with Gasteiger partial charge in [0.05, 0.1) is 6.42 Å². The molecule has 1 unspecified atom stereocenters. The molecule has 0 bridgehead atoms. The molecule has 1 aromatic heterocycles. The summed E-state index contributed by atoms with van der Waals surface area (Å²) in [7, 11) is 0. The monoisotopic (exact) mass is 346 g/mol. The van der Waals surface area contributed by atoms with Crippen LogP contribution in [0.25, 0.3) is 0 Å². The van der Waals surface area contributed by atoms with Crippen LogP contribution in [-0.2, 0) is 16.0 Å². The lowest BCUT2D eigenvalue weighted by Gasteiger charge is -2.48. The van der Waals surface area contributed by atoms with Crippen LogP contribution in [0.2, 0.25) is 0 Å². The van der Waals surface area contributed by atoms with E-state index in [0.717, 1.165) is 38.9 Å². The molecular formula is C18H26N4O3. The zero-order chi connectivity index (χ0) is 18.0. The highest BCUT2D eigenvalue weighted by molar-refractivity contribution is 5.79. The predicted octanol–water partition coefficient (Wildman–Crippen LogP) is 0.872. The highest BCUT2D eigenvalue weighted by Gasteiger charge is 2.42. The van der Waals surface area contributed by atoms with Gasteiger partial charge in [0.15, 0.2) is 0 Å². The summed E-state index contributed by atoms with van der Waals surface area (Å²) in [5.41, 5.74) is 0.174. The number of amides is 2. The topological polar surface area (TPSA) is 86.4 Å². The minimum absolute atomic E-state index is 0.00970. The highest BCUT2D eigenvalue weighted by Crippen LogP contribution is 2.38. The van der Waals surface area contributed by atoms with Crippen molar-refractivity contribution in [2.24, 2.45) is 5.41 Å². The molecule has 2 fully saturated rings. The molecule has 2 aliphatic heterocycles. The van der Waals surface area contributed by atoms with Crippen LogP contribution in [0.15, 0.2) is 11.0 Å². The highest BCUT2D eigenvalue weighted by atomic mass is 16.2. The van der Waals surface area contributed by atoms with E-state index < -0.39 is 0 Å². The molecule has 1 aromatic rings. The average Bonchev–Trinajstić information content (AvgIpc) is 2.60. The molecule has 0 aromatic carbocycles. The standard InChI is InChI=1S/C18H26N4O3/c1-3-21-11-18(7-5-15(21)23)6-4-8-22(12-18)16(24)9-14-10-19-13(2)20-17(14)25/h10H,3-9,11-12H2,1-2H3,(H,19,20,25). The van der Waals surface area contributed by atoms with Crippen LogP contribution < -0.4 is 5.56 Å². The van der Waals surface area contributed by atoms with E-state index >= 15 is 0 Å². The number of nitrogens with one attached hydrogen (secondary N) is 1. The summed E-state index contributed by atoms with van der Waals surface area (Å²) in [4.78, 5) is 47.1. The van der Waals surface area contributed by atoms with Crippen molar-refractivity contribution in [2.45, 2.75) is 46.0 Å². The normalized spacial score (nSPS) is 24.0. The maximum Gasteiger partial charge on any atom is 0.254 e. The van der Waals surface area contributed by atoms with E-state index in [1.54, 1.807) is 6.92 Å². The van der Waals surface area contributed by atoms with E-state index in [9.17, 15) is 14.4 Å². The number of carbonyl (C=O) groups excluding carboxylic acids is 2. The van der Waals surface area contributed by atoms with Gasteiger partial charge in [-0.1, -0.05) is 0 Å². The Bertz CT molecular complexity index is 729. The first kappa shape index (κ1) is 17.6. The van der Waals surface area contributed by atoms with Crippen LogP contribution in [-0.4, -0.2) is 57.8 Å². The van der Waals surface area contributed by atoms with Crippen LogP contribution in [0.5, 0.6) is 0 Å². The number of piperidine rings is 2. The smallest absolute Gasteiger partial charge is 0.254 e. The van der Waals surface area contributed by atoms with Crippen molar-refractivity contribution in [3.8, 4) is 0 Å². The molecule has 2 aliphatic rings. The van der Waals surface area contributed by atoms with Crippen LogP contribution >= 0.6 is 0 Å².